The molecule has 0 unspecified atom stereocenters. The van der Waals surface area contributed by atoms with Crippen molar-refractivity contribution in [2.45, 2.75) is 26.7 Å². The Morgan fingerprint density at radius 1 is 1.20 bits per heavy atom. The van der Waals surface area contributed by atoms with E-state index < -0.39 is 0 Å². The van der Waals surface area contributed by atoms with Crippen molar-refractivity contribution in [1.29, 1.82) is 0 Å². The van der Waals surface area contributed by atoms with Crippen molar-refractivity contribution in [3.8, 4) is 0 Å². The molecule has 0 radical (unpaired) electrons. The van der Waals surface area contributed by atoms with Crippen LogP contribution in [0.1, 0.15) is 26.7 Å². The van der Waals surface area contributed by atoms with E-state index in [9.17, 15) is 0 Å². The standard InChI is InChI=1S/C4H8O.C4H9.Li/c1-2-4-5-3-1;1-4(2)3;/h1-4H2;4H,1H2,2-3H3;/q;-1;+1. The Labute approximate surface area is 76.7 Å². The van der Waals surface area contributed by atoms with Crippen LogP contribution in [0.25, 0.3) is 0 Å². The van der Waals surface area contributed by atoms with Crippen LogP contribution in [-0.2, 0) is 4.74 Å². The minimum Gasteiger partial charge on any atom is -0.381 e. The summed E-state index contributed by atoms with van der Waals surface area (Å²) < 4.78 is 4.94. The Balaban J connectivity index is 0. The van der Waals surface area contributed by atoms with Gasteiger partial charge in [-0.25, -0.2) is 0 Å². The van der Waals surface area contributed by atoms with E-state index in [2.05, 4.69) is 20.8 Å². The van der Waals surface area contributed by atoms with Gasteiger partial charge in [-0.05, 0) is 12.8 Å². The molecule has 0 aromatic rings. The van der Waals surface area contributed by atoms with Gasteiger partial charge in [-0.3, -0.25) is 0 Å². The molecule has 0 atom stereocenters. The van der Waals surface area contributed by atoms with Gasteiger partial charge in [0.15, 0.2) is 0 Å². The second-order valence-electron chi connectivity index (χ2n) is 2.71. The van der Waals surface area contributed by atoms with Crippen LogP contribution < -0.4 is 18.9 Å². The van der Waals surface area contributed by atoms with Gasteiger partial charge in [-0.15, -0.1) is 0 Å². The Kier molecular flexibility index (Phi) is 12.6. The second-order valence-corrected chi connectivity index (χ2v) is 2.71. The first-order valence-corrected chi connectivity index (χ1v) is 3.64. The molecule has 1 heterocycles. The van der Waals surface area contributed by atoms with E-state index in [0.29, 0.717) is 5.92 Å². The fourth-order valence-electron chi connectivity index (χ4n) is 0.510. The summed E-state index contributed by atoms with van der Waals surface area (Å²) >= 11 is 0. The maximum atomic E-state index is 4.94. The number of hydrogen-bond acceptors (Lipinski definition) is 1. The Bertz CT molecular complexity index is 40.9. The van der Waals surface area contributed by atoms with Crippen molar-refractivity contribution in [2.24, 2.45) is 5.92 Å². The summed E-state index contributed by atoms with van der Waals surface area (Å²) in [4.78, 5) is 0. The molecule has 1 nitrogen and oxygen atoms in total. The van der Waals surface area contributed by atoms with Gasteiger partial charge in [-0.1, -0.05) is 13.8 Å². The molecule has 1 rings (SSSR count). The zero-order chi connectivity index (χ0) is 7.11. The maximum Gasteiger partial charge on any atom is 1.00 e. The SMILES string of the molecule is C1CCOC1.[CH2-]C(C)C.[Li+]. The average molecular weight is 136 g/mol. The second kappa shape index (κ2) is 9.56. The molecule has 56 valence electrons. The molecule has 1 saturated heterocycles. The summed E-state index contributed by atoms with van der Waals surface area (Å²) in [6, 6.07) is 0. The zero-order valence-corrected chi connectivity index (χ0v) is 7.52. The molecule has 0 spiro atoms. The first-order valence-electron chi connectivity index (χ1n) is 3.64. The third-order valence-electron chi connectivity index (χ3n) is 0.827. The summed E-state index contributed by atoms with van der Waals surface area (Å²) in [6.07, 6.45) is 2.56. The minimum atomic E-state index is 0. The number of rotatable bonds is 0. The van der Waals surface area contributed by atoms with E-state index in [-0.39, 0.29) is 18.9 Å². The van der Waals surface area contributed by atoms with Crippen molar-refractivity contribution in [1.82, 2.24) is 0 Å². The average Bonchev–Trinajstić information content (AvgIpc) is 2.11. The van der Waals surface area contributed by atoms with Crippen LogP contribution in [0.15, 0.2) is 0 Å². The van der Waals surface area contributed by atoms with Gasteiger partial charge in [-0.2, -0.15) is 5.92 Å². The predicted molar refractivity (Wildman–Crippen MR) is 40.2 cm³/mol. The molecular formula is C8H17LiO. The molecule has 0 aromatic heterocycles. The summed E-state index contributed by atoms with van der Waals surface area (Å²) in [6.45, 7) is 9.75. The van der Waals surface area contributed by atoms with Crippen LogP contribution in [0, 0.1) is 12.8 Å². The number of ether oxygens (including phenoxy) is 1. The minimum absolute atomic E-state index is 0. The van der Waals surface area contributed by atoms with E-state index in [1.807, 2.05) is 0 Å². The van der Waals surface area contributed by atoms with E-state index in [1.54, 1.807) is 0 Å². The van der Waals surface area contributed by atoms with Gasteiger partial charge in [0, 0.05) is 13.2 Å². The van der Waals surface area contributed by atoms with Crippen molar-refractivity contribution in [3.63, 3.8) is 0 Å². The maximum absolute atomic E-state index is 4.94. The van der Waals surface area contributed by atoms with Crippen molar-refractivity contribution in [3.05, 3.63) is 6.92 Å². The summed E-state index contributed by atoms with van der Waals surface area (Å²) in [5.41, 5.74) is 0. The van der Waals surface area contributed by atoms with Crippen LogP contribution in [0.4, 0.5) is 0 Å². The van der Waals surface area contributed by atoms with Crippen molar-refractivity contribution in [2.75, 3.05) is 13.2 Å². The topological polar surface area (TPSA) is 9.23 Å². The molecule has 1 aliphatic heterocycles. The number of hydrogen-bond donors (Lipinski definition) is 0. The van der Waals surface area contributed by atoms with Crippen LogP contribution >= 0.6 is 0 Å². The fourth-order valence-corrected chi connectivity index (χ4v) is 0.510. The monoisotopic (exact) mass is 136 g/mol. The molecule has 0 N–H and O–H groups in total. The zero-order valence-electron chi connectivity index (χ0n) is 7.52. The molecule has 1 fully saturated rings. The molecular weight excluding hydrogens is 119 g/mol. The van der Waals surface area contributed by atoms with Gasteiger partial charge < -0.3 is 11.7 Å². The summed E-state index contributed by atoms with van der Waals surface area (Å²) in [5.74, 6) is 0.583. The van der Waals surface area contributed by atoms with Gasteiger partial charge in [0.25, 0.3) is 0 Å². The normalized spacial score (nSPS) is 15.6. The molecule has 1 aliphatic rings. The smallest absolute Gasteiger partial charge is 0.381 e. The van der Waals surface area contributed by atoms with E-state index in [4.69, 9.17) is 4.74 Å². The largest absolute Gasteiger partial charge is 1.00 e. The molecule has 0 amide bonds. The van der Waals surface area contributed by atoms with Gasteiger partial charge in [0.1, 0.15) is 0 Å². The molecule has 0 aromatic carbocycles. The summed E-state index contributed by atoms with van der Waals surface area (Å²) in [7, 11) is 0. The third kappa shape index (κ3) is 15.8. The van der Waals surface area contributed by atoms with Crippen LogP contribution in [0.5, 0.6) is 0 Å². The van der Waals surface area contributed by atoms with Crippen LogP contribution in [0.3, 0.4) is 0 Å². The van der Waals surface area contributed by atoms with E-state index in [1.165, 1.54) is 12.8 Å². The van der Waals surface area contributed by atoms with Gasteiger partial charge >= 0.3 is 18.9 Å². The van der Waals surface area contributed by atoms with E-state index in [0.717, 1.165) is 13.2 Å². The molecule has 0 aliphatic carbocycles. The van der Waals surface area contributed by atoms with E-state index >= 15 is 0 Å². The van der Waals surface area contributed by atoms with Crippen molar-refractivity contribution >= 4 is 0 Å². The third-order valence-corrected chi connectivity index (χ3v) is 0.827. The van der Waals surface area contributed by atoms with Gasteiger partial charge in [0.2, 0.25) is 0 Å². The van der Waals surface area contributed by atoms with Crippen LogP contribution in [-0.4, -0.2) is 13.2 Å². The fraction of sp³-hybridized carbons (Fsp3) is 0.875. The van der Waals surface area contributed by atoms with Crippen molar-refractivity contribution < 1.29 is 23.6 Å². The molecule has 2 heteroatoms. The Morgan fingerprint density at radius 3 is 1.60 bits per heavy atom. The van der Waals surface area contributed by atoms with Crippen LogP contribution in [0.2, 0.25) is 0 Å². The molecule has 10 heavy (non-hydrogen) atoms. The Morgan fingerprint density at radius 2 is 1.50 bits per heavy atom. The Hall–Kier alpha value is 0.557. The van der Waals surface area contributed by atoms with Gasteiger partial charge in [0.05, 0.1) is 0 Å². The first kappa shape index (κ1) is 13.2. The summed E-state index contributed by atoms with van der Waals surface area (Å²) in [5, 5.41) is 0. The first-order chi connectivity index (χ1) is 4.23. The molecule has 0 bridgehead atoms. The quantitative estimate of drug-likeness (QED) is 0.315. The molecule has 0 saturated carbocycles. The predicted octanol–water partition coefficient (Wildman–Crippen LogP) is -0.723.